The first-order chi connectivity index (χ1) is 17.7. The molecule has 0 amide bonds. The molecule has 1 atom stereocenters. The molecule has 0 aromatic heterocycles. The Kier molecular flexibility index (Phi) is 10.3. The Morgan fingerprint density at radius 2 is 1.67 bits per heavy atom. The lowest BCUT2D eigenvalue weighted by Gasteiger charge is -2.38. The number of nitrogens with zero attached hydrogens (tertiary/aromatic N) is 1. The molecule has 6 nitrogen and oxygen atoms in total. The van der Waals surface area contributed by atoms with Crippen molar-refractivity contribution in [2.75, 3.05) is 51.5 Å². The van der Waals surface area contributed by atoms with E-state index < -0.39 is 0 Å². The third-order valence-corrected chi connectivity index (χ3v) is 6.54. The number of nitrogens with one attached hydrogen (secondary N) is 1. The molecule has 0 saturated carbocycles. The van der Waals surface area contributed by atoms with E-state index in [1.807, 2.05) is 60.7 Å². The van der Waals surface area contributed by atoms with Crippen molar-refractivity contribution >= 4 is 17.3 Å². The highest BCUT2D eigenvalue weighted by atomic mass is 35.5. The van der Waals surface area contributed by atoms with E-state index in [1.165, 1.54) is 5.69 Å². The van der Waals surface area contributed by atoms with Gasteiger partial charge in [0.05, 0.1) is 46.2 Å². The van der Waals surface area contributed by atoms with Crippen LogP contribution in [0.2, 0.25) is 5.02 Å². The summed E-state index contributed by atoms with van der Waals surface area (Å²) in [6, 6.07) is 24.4. The van der Waals surface area contributed by atoms with Gasteiger partial charge in [0, 0.05) is 36.8 Å². The number of anilines is 1. The zero-order valence-electron chi connectivity index (χ0n) is 20.8. The van der Waals surface area contributed by atoms with Gasteiger partial charge in [0.15, 0.2) is 0 Å². The van der Waals surface area contributed by atoms with E-state index in [9.17, 15) is 0 Å². The second-order valence-electron chi connectivity index (χ2n) is 8.75. The van der Waals surface area contributed by atoms with Crippen LogP contribution in [-0.4, -0.2) is 52.6 Å². The second kappa shape index (κ2) is 14.1. The monoisotopic (exact) mass is 510 g/mol. The molecule has 3 aromatic rings. The third kappa shape index (κ3) is 7.87. The molecule has 36 heavy (non-hydrogen) atoms. The van der Waals surface area contributed by atoms with Crippen molar-refractivity contribution in [1.29, 1.82) is 0 Å². The van der Waals surface area contributed by atoms with Gasteiger partial charge in [-0.1, -0.05) is 41.9 Å². The van der Waals surface area contributed by atoms with Gasteiger partial charge >= 0.3 is 0 Å². The number of piperazine rings is 1. The highest BCUT2D eigenvalue weighted by Crippen LogP contribution is 2.23. The Labute approximate surface area is 219 Å². The Balaban J connectivity index is 1.18. The maximum Gasteiger partial charge on any atom is 0.119 e. The molecule has 1 N–H and O–H groups in total. The average molecular weight is 511 g/mol. The van der Waals surface area contributed by atoms with Gasteiger partial charge < -0.3 is 29.2 Å². The Hall–Kier alpha value is -2.77. The van der Waals surface area contributed by atoms with Gasteiger partial charge in [-0.05, 0) is 53.6 Å². The smallest absolute Gasteiger partial charge is 0.119 e. The van der Waals surface area contributed by atoms with Gasteiger partial charge in [-0.25, -0.2) is 0 Å². The average Bonchev–Trinajstić information content (AvgIpc) is 2.92. The molecule has 1 saturated heterocycles. The SMILES string of the molecule is COc1ccc(COC[C@H]2CNCCN2c2ccc(OCCCOCc3ccccc3Cl)cc2)cc1. The van der Waals surface area contributed by atoms with Crippen LogP contribution >= 0.6 is 11.6 Å². The number of benzene rings is 3. The van der Waals surface area contributed by atoms with Crippen LogP contribution in [0.5, 0.6) is 11.5 Å². The lowest BCUT2D eigenvalue weighted by Crippen LogP contribution is -2.53. The minimum atomic E-state index is 0.277. The Morgan fingerprint density at radius 3 is 2.44 bits per heavy atom. The topological polar surface area (TPSA) is 52.2 Å². The highest BCUT2D eigenvalue weighted by Gasteiger charge is 2.22. The van der Waals surface area contributed by atoms with Gasteiger partial charge in [-0.15, -0.1) is 0 Å². The molecule has 192 valence electrons. The van der Waals surface area contributed by atoms with Crippen LogP contribution in [0.1, 0.15) is 17.5 Å². The van der Waals surface area contributed by atoms with Crippen LogP contribution in [0.4, 0.5) is 5.69 Å². The largest absolute Gasteiger partial charge is 0.497 e. The van der Waals surface area contributed by atoms with Crippen LogP contribution in [0.15, 0.2) is 72.8 Å². The van der Waals surface area contributed by atoms with Gasteiger partial charge in [0.2, 0.25) is 0 Å². The quantitative estimate of drug-likeness (QED) is 0.314. The van der Waals surface area contributed by atoms with Crippen molar-refractivity contribution < 1.29 is 18.9 Å². The fraction of sp³-hybridized carbons (Fsp3) is 0.379. The van der Waals surface area contributed by atoms with Crippen molar-refractivity contribution in [2.45, 2.75) is 25.7 Å². The number of ether oxygens (including phenoxy) is 4. The van der Waals surface area contributed by atoms with Crippen molar-refractivity contribution in [3.8, 4) is 11.5 Å². The van der Waals surface area contributed by atoms with Crippen LogP contribution in [0, 0.1) is 0 Å². The summed E-state index contributed by atoms with van der Waals surface area (Å²) >= 11 is 6.16. The van der Waals surface area contributed by atoms with Crippen molar-refractivity contribution in [3.05, 3.63) is 88.9 Å². The fourth-order valence-corrected chi connectivity index (χ4v) is 4.36. The van der Waals surface area contributed by atoms with E-state index in [2.05, 4.69) is 22.3 Å². The number of rotatable bonds is 13. The summed E-state index contributed by atoms with van der Waals surface area (Å²) in [6.45, 7) is 5.80. The first-order valence-corrected chi connectivity index (χ1v) is 12.8. The number of methoxy groups -OCH3 is 1. The lowest BCUT2D eigenvalue weighted by molar-refractivity contribution is 0.102. The Morgan fingerprint density at radius 1 is 0.889 bits per heavy atom. The van der Waals surface area contributed by atoms with Crippen molar-refractivity contribution in [2.24, 2.45) is 0 Å². The summed E-state index contributed by atoms with van der Waals surface area (Å²) < 4.78 is 22.9. The van der Waals surface area contributed by atoms with Crippen LogP contribution in [0.25, 0.3) is 0 Å². The summed E-state index contributed by atoms with van der Waals surface area (Å²) in [5, 5.41) is 4.23. The number of halogens is 1. The maximum atomic E-state index is 6.16. The first-order valence-electron chi connectivity index (χ1n) is 12.4. The third-order valence-electron chi connectivity index (χ3n) is 6.17. The number of hydrogen-bond acceptors (Lipinski definition) is 6. The first kappa shape index (κ1) is 26.3. The minimum Gasteiger partial charge on any atom is -0.497 e. The molecule has 0 bridgehead atoms. The molecule has 3 aromatic carbocycles. The summed E-state index contributed by atoms with van der Waals surface area (Å²) in [4.78, 5) is 2.41. The van der Waals surface area contributed by atoms with Gasteiger partial charge in [-0.3, -0.25) is 0 Å². The zero-order valence-corrected chi connectivity index (χ0v) is 21.6. The molecule has 1 aliphatic heterocycles. The molecule has 0 radical (unpaired) electrons. The fourth-order valence-electron chi connectivity index (χ4n) is 4.17. The predicted octanol–water partition coefficient (Wildman–Crippen LogP) is 5.33. The number of hydrogen-bond donors (Lipinski definition) is 1. The van der Waals surface area contributed by atoms with E-state index in [4.69, 9.17) is 30.5 Å². The van der Waals surface area contributed by atoms with Crippen molar-refractivity contribution in [3.63, 3.8) is 0 Å². The van der Waals surface area contributed by atoms with Crippen molar-refractivity contribution in [1.82, 2.24) is 5.32 Å². The normalized spacial score (nSPS) is 15.6. The van der Waals surface area contributed by atoms with E-state index in [1.54, 1.807) is 7.11 Å². The van der Waals surface area contributed by atoms with E-state index >= 15 is 0 Å². The molecule has 4 rings (SSSR count). The molecule has 1 aliphatic rings. The maximum absolute atomic E-state index is 6.16. The standard InChI is InChI=1S/C29H35ClN2O4/c1-33-27-11-7-23(8-12-27)20-35-22-26-19-31-15-16-32(26)25-9-13-28(14-10-25)36-18-4-17-34-21-24-5-2-3-6-29(24)30/h2-3,5-14,26,31H,4,15-22H2,1H3/t26-/m1/s1. The molecule has 1 fully saturated rings. The summed E-state index contributed by atoms with van der Waals surface area (Å²) in [5.74, 6) is 1.72. The van der Waals surface area contributed by atoms with E-state index in [-0.39, 0.29) is 6.04 Å². The van der Waals surface area contributed by atoms with E-state index in [0.717, 1.165) is 53.7 Å². The van der Waals surface area contributed by atoms with Gasteiger partial charge in [0.1, 0.15) is 11.5 Å². The lowest BCUT2D eigenvalue weighted by atomic mass is 10.1. The predicted molar refractivity (Wildman–Crippen MR) is 144 cm³/mol. The summed E-state index contributed by atoms with van der Waals surface area (Å²) in [7, 11) is 1.68. The molecular weight excluding hydrogens is 476 g/mol. The summed E-state index contributed by atoms with van der Waals surface area (Å²) in [5.41, 5.74) is 3.33. The minimum absolute atomic E-state index is 0.277. The zero-order chi connectivity index (χ0) is 25.0. The summed E-state index contributed by atoms with van der Waals surface area (Å²) in [6.07, 6.45) is 0.817. The molecule has 0 spiro atoms. The molecule has 1 heterocycles. The second-order valence-corrected chi connectivity index (χ2v) is 9.16. The van der Waals surface area contributed by atoms with Crippen LogP contribution in [-0.2, 0) is 22.7 Å². The van der Waals surface area contributed by atoms with Crippen LogP contribution < -0.4 is 19.7 Å². The molecule has 7 heteroatoms. The van der Waals surface area contributed by atoms with Gasteiger partial charge in [-0.2, -0.15) is 0 Å². The van der Waals surface area contributed by atoms with Gasteiger partial charge in [0.25, 0.3) is 0 Å². The van der Waals surface area contributed by atoms with E-state index in [0.29, 0.717) is 33.0 Å². The molecular formula is C29H35ClN2O4. The van der Waals surface area contributed by atoms with Crippen LogP contribution in [0.3, 0.4) is 0 Å². The molecule has 0 unspecified atom stereocenters. The highest BCUT2D eigenvalue weighted by molar-refractivity contribution is 6.31. The Bertz CT molecular complexity index is 1050. The molecule has 0 aliphatic carbocycles.